The smallest absolute Gasteiger partial charge is 0.339 e. The Morgan fingerprint density at radius 2 is 1.89 bits per heavy atom. The van der Waals surface area contributed by atoms with Gasteiger partial charge in [0.15, 0.2) is 0 Å². The van der Waals surface area contributed by atoms with Crippen LogP contribution in [0.4, 0.5) is 5.69 Å². The average Bonchev–Trinajstić information content (AvgIpc) is 2.64. The number of hydrogen-bond acceptors (Lipinski definition) is 5. The van der Waals surface area contributed by atoms with E-state index in [0.717, 1.165) is 5.56 Å². The number of nitrogens with zero attached hydrogens (tertiary/aromatic N) is 1. The molecule has 0 fully saturated rings. The van der Waals surface area contributed by atoms with Crippen molar-refractivity contribution in [3.05, 3.63) is 59.2 Å². The van der Waals surface area contributed by atoms with Crippen LogP contribution >= 0.6 is 0 Å². The van der Waals surface area contributed by atoms with Crippen molar-refractivity contribution in [2.45, 2.75) is 13.8 Å². The molecule has 8 heteroatoms. The fraction of sp³-hybridized carbons (Fsp3) is 0.158. The minimum atomic E-state index is -1.14. The molecule has 0 spiro atoms. The summed E-state index contributed by atoms with van der Waals surface area (Å²) in [7, 11) is 0. The highest BCUT2D eigenvalue weighted by Gasteiger charge is 2.14. The number of para-hydroxylation sites is 1. The lowest BCUT2D eigenvalue weighted by Crippen LogP contribution is -2.32. The molecule has 0 aliphatic heterocycles. The number of carbonyl (C=O) groups is 3. The molecule has 0 unspecified atom stereocenters. The quantitative estimate of drug-likeness (QED) is 0.410. The highest BCUT2D eigenvalue weighted by Crippen LogP contribution is 2.19. The van der Waals surface area contributed by atoms with Gasteiger partial charge in [-0.1, -0.05) is 18.2 Å². The van der Waals surface area contributed by atoms with Crippen LogP contribution in [-0.2, 0) is 9.59 Å². The van der Waals surface area contributed by atoms with E-state index in [-0.39, 0.29) is 11.3 Å². The first-order chi connectivity index (χ1) is 12.9. The van der Waals surface area contributed by atoms with Gasteiger partial charge in [0.1, 0.15) is 11.3 Å². The van der Waals surface area contributed by atoms with Crippen LogP contribution in [0.25, 0.3) is 0 Å². The Kier molecular flexibility index (Phi) is 6.65. The van der Waals surface area contributed by atoms with Gasteiger partial charge >= 0.3 is 17.8 Å². The van der Waals surface area contributed by atoms with Gasteiger partial charge in [-0.25, -0.2) is 10.2 Å². The topological polar surface area (TPSA) is 117 Å². The minimum absolute atomic E-state index is 0.0237. The molecule has 0 saturated carbocycles. The van der Waals surface area contributed by atoms with E-state index < -0.39 is 17.8 Å². The highest BCUT2D eigenvalue weighted by molar-refractivity contribution is 6.39. The molecular formula is C19H19N3O5. The zero-order valence-electron chi connectivity index (χ0n) is 14.9. The van der Waals surface area contributed by atoms with Gasteiger partial charge < -0.3 is 15.2 Å². The fourth-order valence-electron chi connectivity index (χ4n) is 2.18. The maximum absolute atomic E-state index is 11.9. The van der Waals surface area contributed by atoms with E-state index in [0.29, 0.717) is 17.9 Å². The third-order valence-corrected chi connectivity index (χ3v) is 3.51. The van der Waals surface area contributed by atoms with Crippen molar-refractivity contribution in [2.75, 3.05) is 11.9 Å². The molecule has 8 nitrogen and oxygen atoms in total. The third kappa shape index (κ3) is 5.40. The number of benzene rings is 2. The number of hydrogen-bond donors (Lipinski definition) is 3. The van der Waals surface area contributed by atoms with E-state index in [9.17, 15) is 19.5 Å². The van der Waals surface area contributed by atoms with Crippen molar-refractivity contribution in [3.8, 4) is 5.75 Å². The molecule has 0 radical (unpaired) electrons. The van der Waals surface area contributed by atoms with Crippen LogP contribution < -0.4 is 15.5 Å². The molecular weight excluding hydrogens is 350 g/mol. The van der Waals surface area contributed by atoms with E-state index in [1.807, 2.05) is 6.07 Å². The SMILES string of the molecule is CCOc1ccc(/C=N\NC(=O)C(=O)Nc2ccccc2C)cc1C(=O)O. The van der Waals surface area contributed by atoms with Gasteiger partial charge in [0.05, 0.1) is 12.8 Å². The lowest BCUT2D eigenvalue weighted by atomic mass is 10.1. The largest absolute Gasteiger partial charge is 0.493 e. The lowest BCUT2D eigenvalue weighted by molar-refractivity contribution is -0.136. The molecule has 2 aromatic rings. The molecule has 0 heterocycles. The summed E-state index contributed by atoms with van der Waals surface area (Å²) in [5.74, 6) is -2.71. The van der Waals surface area contributed by atoms with Crippen LogP contribution in [0.3, 0.4) is 0 Å². The van der Waals surface area contributed by atoms with Crippen LogP contribution in [0, 0.1) is 6.92 Å². The summed E-state index contributed by atoms with van der Waals surface area (Å²) in [5.41, 5.74) is 3.85. The summed E-state index contributed by atoms with van der Waals surface area (Å²) in [6.45, 7) is 3.88. The Balaban J connectivity index is 2.01. The van der Waals surface area contributed by atoms with Crippen molar-refractivity contribution < 1.29 is 24.2 Å². The Hall–Kier alpha value is -3.68. The number of hydrazone groups is 1. The molecule has 2 rings (SSSR count). The monoisotopic (exact) mass is 369 g/mol. The van der Waals surface area contributed by atoms with Crippen LogP contribution in [0.2, 0.25) is 0 Å². The number of carboxylic acid groups (broad SMARTS) is 1. The summed E-state index contributed by atoms with van der Waals surface area (Å²) >= 11 is 0. The molecule has 2 amide bonds. The number of rotatable bonds is 6. The van der Waals surface area contributed by atoms with E-state index in [1.54, 1.807) is 38.1 Å². The first kappa shape index (κ1) is 19.6. The van der Waals surface area contributed by atoms with Crippen LogP contribution in [0.5, 0.6) is 5.75 Å². The second-order valence-electron chi connectivity index (χ2n) is 5.46. The van der Waals surface area contributed by atoms with Crippen molar-refractivity contribution in [1.82, 2.24) is 5.43 Å². The Bertz CT molecular complexity index is 893. The third-order valence-electron chi connectivity index (χ3n) is 3.51. The van der Waals surface area contributed by atoms with Gasteiger partial charge in [-0.05, 0) is 49.2 Å². The number of carbonyl (C=O) groups excluding carboxylic acids is 2. The standard InChI is InChI=1S/C19H19N3O5/c1-3-27-16-9-8-13(10-14(16)19(25)26)11-20-22-18(24)17(23)21-15-7-5-4-6-12(15)2/h4-11H,3H2,1-2H3,(H,21,23)(H,22,24)(H,25,26)/b20-11-. The number of aromatic carboxylic acids is 1. The zero-order valence-corrected chi connectivity index (χ0v) is 14.9. The maximum atomic E-state index is 11.9. The van der Waals surface area contributed by atoms with E-state index in [4.69, 9.17) is 4.74 Å². The van der Waals surface area contributed by atoms with Crippen molar-refractivity contribution >= 4 is 29.7 Å². The predicted molar refractivity (Wildman–Crippen MR) is 100 cm³/mol. The first-order valence-corrected chi connectivity index (χ1v) is 8.12. The number of aryl methyl sites for hydroxylation is 1. The molecule has 27 heavy (non-hydrogen) atoms. The zero-order chi connectivity index (χ0) is 19.8. The highest BCUT2D eigenvalue weighted by atomic mass is 16.5. The second kappa shape index (κ2) is 9.14. The summed E-state index contributed by atoms with van der Waals surface area (Å²) in [6, 6.07) is 11.5. The van der Waals surface area contributed by atoms with E-state index in [2.05, 4.69) is 15.8 Å². The Morgan fingerprint density at radius 3 is 2.56 bits per heavy atom. The van der Waals surface area contributed by atoms with Gasteiger partial charge in [0.25, 0.3) is 0 Å². The fourth-order valence-corrected chi connectivity index (χ4v) is 2.18. The van der Waals surface area contributed by atoms with Crippen LogP contribution in [0.1, 0.15) is 28.4 Å². The number of nitrogens with one attached hydrogen (secondary N) is 2. The van der Waals surface area contributed by atoms with E-state index >= 15 is 0 Å². The lowest BCUT2D eigenvalue weighted by Gasteiger charge is -2.08. The van der Waals surface area contributed by atoms with E-state index in [1.165, 1.54) is 18.3 Å². The van der Waals surface area contributed by atoms with Gasteiger partial charge in [0, 0.05) is 5.69 Å². The molecule has 0 aromatic heterocycles. The molecule has 0 aliphatic carbocycles. The summed E-state index contributed by atoms with van der Waals surface area (Å²) < 4.78 is 5.25. The van der Waals surface area contributed by atoms with Crippen molar-refractivity contribution in [3.63, 3.8) is 0 Å². The van der Waals surface area contributed by atoms with Crippen molar-refractivity contribution in [1.29, 1.82) is 0 Å². The van der Waals surface area contributed by atoms with Gasteiger partial charge in [0.2, 0.25) is 0 Å². The molecule has 0 saturated heterocycles. The number of carboxylic acids is 1. The molecule has 140 valence electrons. The molecule has 2 aromatic carbocycles. The number of amides is 2. The molecule has 3 N–H and O–H groups in total. The summed E-state index contributed by atoms with van der Waals surface area (Å²) in [5, 5.41) is 15.4. The maximum Gasteiger partial charge on any atom is 0.339 e. The minimum Gasteiger partial charge on any atom is -0.493 e. The second-order valence-corrected chi connectivity index (χ2v) is 5.46. The number of ether oxygens (including phenoxy) is 1. The molecule has 0 aliphatic rings. The molecule has 0 bridgehead atoms. The van der Waals surface area contributed by atoms with Gasteiger partial charge in [-0.3, -0.25) is 9.59 Å². The van der Waals surface area contributed by atoms with Gasteiger partial charge in [-0.2, -0.15) is 5.10 Å². The Labute approximate surface area is 155 Å². The van der Waals surface area contributed by atoms with Gasteiger partial charge in [-0.15, -0.1) is 0 Å². The number of anilines is 1. The first-order valence-electron chi connectivity index (χ1n) is 8.12. The van der Waals surface area contributed by atoms with Crippen molar-refractivity contribution in [2.24, 2.45) is 5.10 Å². The normalized spacial score (nSPS) is 10.4. The summed E-state index contributed by atoms with van der Waals surface area (Å²) in [4.78, 5) is 35.0. The Morgan fingerprint density at radius 1 is 1.15 bits per heavy atom. The van der Waals surface area contributed by atoms with Crippen LogP contribution in [0.15, 0.2) is 47.6 Å². The predicted octanol–water partition coefficient (Wildman–Crippen LogP) is 2.18. The van der Waals surface area contributed by atoms with Crippen LogP contribution in [-0.4, -0.2) is 35.7 Å². The average molecular weight is 369 g/mol. The molecule has 0 atom stereocenters. The summed E-state index contributed by atoms with van der Waals surface area (Å²) in [6.07, 6.45) is 1.24.